The summed E-state index contributed by atoms with van der Waals surface area (Å²) in [5.74, 6) is 1.03. The Bertz CT molecular complexity index is 269. The molecule has 3 aliphatic rings. The molecule has 0 aromatic carbocycles. The predicted molar refractivity (Wildman–Crippen MR) is 77.4 cm³/mol. The second-order valence-electron chi connectivity index (χ2n) is 6.59. The van der Waals surface area contributed by atoms with Gasteiger partial charge in [0.05, 0.1) is 13.2 Å². The molecule has 0 spiro atoms. The first-order valence-corrected chi connectivity index (χ1v) is 8.09. The Morgan fingerprint density at radius 3 is 2.63 bits per heavy atom. The molecule has 0 radical (unpaired) electrons. The van der Waals surface area contributed by atoms with Crippen LogP contribution < -0.4 is 5.32 Å². The molecule has 0 aromatic heterocycles. The summed E-state index contributed by atoms with van der Waals surface area (Å²) in [6.07, 6.45) is 4.18. The van der Waals surface area contributed by atoms with Gasteiger partial charge in [0, 0.05) is 51.4 Å². The topological polar surface area (TPSA) is 27.7 Å². The SMILES string of the molecule is CC(CC1COCCN1)N1CCN(CC2CC2)CC1. The summed E-state index contributed by atoms with van der Waals surface area (Å²) in [7, 11) is 0. The third-order valence-electron chi connectivity index (χ3n) is 4.87. The van der Waals surface area contributed by atoms with Gasteiger partial charge in [-0.05, 0) is 32.1 Å². The zero-order valence-electron chi connectivity index (χ0n) is 12.3. The van der Waals surface area contributed by atoms with Crippen LogP contribution in [0, 0.1) is 5.92 Å². The number of morpholine rings is 1. The minimum Gasteiger partial charge on any atom is -0.379 e. The highest BCUT2D eigenvalue weighted by molar-refractivity contribution is 4.84. The second-order valence-corrected chi connectivity index (χ2v) is 6.59. The zero-order chi connectivity index (χ0) is 13.1. The molecule has 2 saturated heterocycles. The van der Waals surface area contributed by atoms with Crippen molar-refractivity contribution in [1.29, 1.82) is 0 Å². The Morgan fingerprint density at radius 2 is 2.00 bits per heavy atom. The van der Waals surface area contributed by atoms with Crippen LogP contribution in [0.4, 0.5) is 0 Å². The molecule has 0 amide bonds. The highest BCUT2D eigenvalue weighted by atomic mass is 16.5. The molecule has 2 heterocycles. The summed E-state index contributed by atoms with van der Waals surface area (Å²) < 4.78 is 5.55. The van der Waals surface area contributed by atoms with E-state index in [2.05, 4.69) is 22.0 Å². The van der Waals surface area contributed by atoms with Gasteiger partial charge < -0.3 is 15.0 Å². The molecule has 1 aliphatic carbocycles. The quantitative estimate of drug-likeness (QED) is 0.797. The molecule has 19 heavy (non-hydrogen) atoms. The predicted octanol–water partition coefficient (Wildman–Crippen LogP) is 0.781. The largest absolute Gasteiger partial charge is 0.379 e. The van der Waals surface area contributed by atoms with Gasteiger partial charge in [-0.2, -0.15) is 0 Å². The maximum Gasteiger partial charge on any atom is 0.0620 e. The first-order valence-electron chi connectivity index (χ1n) is 8.09. The maximum absolute atomic E-state index is 5.55. The van der Waals surface area contributed by atoms with Crippen LogP contribution >= 0.6 is 0 Å². The number of nitrogens with one attached hydrogen (secondary N) is 1. The summed E-state index contributed by atoms with van der Waals surface area (Å²) in [5, 5.41) is 3.57. The van der Waals surface area contributed by atoms with E-state index in [4.69, 9.17) is 4.74 Å². The van der Waals surface area contributed by atoms with Crippen molar-refractivity contribution >= 4 is 0 Å². The molecule has 1 N–H and O–H groups in total. The van der Waals surface area contributed by atoms with E-state index < -0.39 is 0 Å². The molecule has 3 fully saturated rings. The first-order chi connectivity index (χ1) is 9.31. The van der Waals surface area contributed by atoms with Gasteiger partial charge in [-0.1, -0.05) is 0 Å². The van der Waals surface area contributed by atoms with Crippen molar-refractivity contribution in [2.75, 3.05) is 52.5 Å². The molecule has 0 aromatic rings. The number of hydrogen-bond donors (Lipinski definition) is 1. The fourth-order valence-corrected chi connectivity index (χ4v) is 3.38. The van der Waals surface area contributed by atoms with E-state index in [1.807, 2.05) is 0 Å². The Labute approximate surface area is 117 Å². The monoisotopic (exact) mass is 267 g/mol. The molecule has 110 valence electrons. The van der Waals surface area contributed by atoms with Crippen molar-refractivity contribution in [2.24, 2.45) is 5.92 Å². The van der Waals surface area contributed by atoms with Crippen LogP contribution in [0.15, 0.2) is 0 Å². The van der Waals surface area contributed by atoms with Gasteiger partial charge in [-0.25, -0.2) is 0 Å². The summed E-state index contributed by atoms with van der Waals surface area (Å²) in [6, 6.07) is 1.25. The van der Waals surface area contributed by atoms with Crippen molar-refractivity contribution in [2.45, 2.75) is 38.3 Å². The van der Waals surface area contributed by atoms with Gasteiger partial charge in [0.15, 0.2) is 0 Å². The van der Waals surface area contributed by atoms with Gasteiger partial charge in [0.2, 0.25) is 0 Å². The van der Waals surface area contributed by atoms with Gasteiger partial charge in [0.1, 0.15) is 0 Å². The minimum atomic E-state index is 0.563. The molecule has 2 unspecified atom stereocenters. The Hall–Kier alpha value is -0.160. The fraction of sp³-hybridized carbons (Fsp3) is 1.00. The Balaban J connectivity index is 1.37. The maximum atomic E-state index is 5.55. The molecule has 2 aliphatic heterocycles. The summed E-state index contributed by atoms with van der Waals surface area (Å²) >= 11 is 0. The summed E-state index contributed by atoms with van der Waals surface area (Å²) in [6.45, 7) is 11.6. The first kappa shape index (κ1) is 13.8. The van der Waals surface area contributed by atoms with E-state index in [1.54, 1.807) is 0 Å². The van der Waals surface area contributed by atoms with E-state index in [-0.39, 0.29) is 0 Å². The zero-order valence-corrected chi connectivity index (χ0v) is 12.3. The van der Waals surface area contributed by atoms with Crippen LogP contribution in [0.5, 0.6) is 0 Å². The lowest BCUT2D eigenvalue weighted by Gasteiger charge is -2.39. The molecule has 1 saturated carbocycles. The highest BCUT2D eigenvalue weighted by Gasteiger charge is 2.28. The van der Waals surface area contributed by atoms with Gasteiger partial charge in [0.25, 0.3) is 0 Å². The van der Waals surface area contributed by atoms with E-state index >= 15 is 0 Å². The van der Waals surface area contributed by atoms with Crippen LogP contribution in [0.1, 0.15) is 26.2 Å². The lowest BCUT2D eigenvalue weighted by molar-refractivity contribution is 0.0502. The Kier molecular flexibility index (Phi) is 4.74. The van der Waals surface area contributed by atoms with Crippen LogP contribution in [0.25, 0.3) is 0 Å². The van der Waals surface area contributed by atoms with E-state index in [0.29, 0.717) is 12.1 Å². The van der Waals surface area contributed by atoms with Crippen molar-refractivity contribution < 1.29 is 4.74 Å². The number of nitrogens with zero attached hydrogens (tertiary/aromatic N) is 2. The third-order valence-corrected chi connectivity index (χ3v) is 4.87. The lowest BCUT2D eigenvalue weighted by Crippen LogP contribution is -2.52. The van der Waals surface area contributed by atoms with Crippen LogP contribution in [-0.4, -0.2) is 74.4 Å². The van der Waals surface area contributed by atoms with Crippen molar-refractivity contribution in [1.82, 2.24) is 15.1 Å². The van der Waals surface area contributed by atoms with Crippen LogP contribution in [0.2, 0.25) is 0 Å². The minimum absolute atomic E-state index is 0.563. The third kappa shape index (κ3) is 4.15. The van der Waals surface area contributed by atoms with E-state index in [0.717, 1.165) is 25.7 Å². The molecule has 2 atom stereocenters. The van der Waals surface area contributed by atoms with Crippen molar-refractivity contribution in [3.8, 4) is 0 Å². The molecule has 4 heteroatoms. The molecular weight excluding hydrogens is 238 g/mol. The van der Waals surface area contributed by atoms with Crippen LogP contribution in [0.3, 0.4) is 0 Å². The van der Waals surface area contributed by atoms with Gasteiger partial charge in [-0.3, -0.25) is 4.90 Å². The standard InChI is InChI=1S/C15H29N3O/c1-13(10-15-12-19-9-4-16-15)18-7-5-17(6-8-18)11-14-2-3-14/h13-16H,2-12H2,1H3. The van der Waals surface area contributed by atoms with Crippen molar-refractivity contribution in [3.63, 3.8) is 0 Å². The fourth-order valence-electron chi connectivity index (χ4n) is 3.38. The van der Waals surface area contributed by atoms with Crippen LogP contribution in [-0.2, 0) is 4.74 Å². The van der Waals surface area contributed by atoms with Gasteiger partial charge in [-0.15, -0.1) is 0 Å². The molecule has 4 nitrogen and oxygen atoms in total. The summed E-state index contributed by atoms with van der Waals surface area (Å²) in [5.41, 5.74) is 0. The number of piperazine rings is 1. The van der Waals surface area contributed by atoms with Gasteiger partial charge >= 0.3 is 0 Å². The molecule has 3 rings (SSSR count). The average molecular weight is 267 g/mol. The highest BCUT2D eigenvalue weighted by Crippen LogP contribution is 2.30. The van der Waals surface area contributed by atoms with E-state index in [9.17, 15) is 0 Å². The smallest absolute Gasteiger partial charge is 0.0620 e. The number of hydrogen-bond acceptors (Lipinski definition) is 4. The number of rotatable bonds is 5. The van der Waals surface area contributed by atoms with Crippen molar-refractivity contribution in [3.05, 3.63) is 0 Å². The molecule has 0 bridgehead atoms. The van der Waals surface area contributed by atoms with E-state index in [1.165, 1.54) is 52.0 Å². The molecular formula is C15H29N3O. The average Bonchev–Trinajstić information content (AvgIpc) is 3.25. The normalized spacial score (nSPS) is 32.4. The summed E-state index contributed by atoms with van der Waals surface area (Å²) in [4.78, 5) is 5.34. The second kappa shape index (κ2) is 6.53. The lowest BCUT2D eigenvalue weighted by atomic mass is 10.1. The number of ether oxygens (including phenoxy) is 1. The Morgan fingerprint density at radius 1 is 1.21 bits per heavy atom.